The molecule has 94 valence electrons. The fraction of sp³-hybridized carbons (Fsp3) is 1.00. The van der Waals surface area contributed by atoms with Crippen molar-refractivity contribution in [1.82, 2.24) is 5.43 Å². The van der Waals surface area contributed by atoms with Crippen LogP contribution in [0.5, 0.6) is 0 Å². The summed E-state index contributed by atoms with van der Waals surface area (Å²) in [7, 11) is -2.87. The van der Waals surface area contributed by atoms with Crippen LogP contribution in [-0.4, -0.2) is 26.0 Å². The van der Waals surface area contributed by atoms with Gasteiger partial charge in [-0.25, -0.2) is 8.42 Å². The summed E-state index contributed by atoms with van der Waals surface area (Å²) in [5.74, 6) is 6.74. The van der Waals surface area contributed by atoms with Crippen molar-refractivity contribution in [3.8, 4) is 0 Å². The quantitative estimate of drug-likeness (QED) is 0.569. The lowest BCUT2D eigenvalue weighted by atomic mass is 9.82. The SMILES string of the molecule is CS(=O)(=O)C1CCCC(C(NN)C2CC2)C1. The van der Waals surface area contributed by atoms with Gasteiger partial charge in [0.1, 0.15) is 9.84 Å². The number of hydrazine groups is 1. The predicted octanol–water partition coefficient (Wildman–Crippen LogP) is 0.832. The Labute approximate surface area is 97.9 Å². The summed E-state index contributed by atoms with van der Waals surface area (Å²) < 4.78 is 23.2. The second kappa shape index (κ2) is 4.63. The molecule has 0 aliphatic heterocycles. The molecule has 3 atom stereocenters. The van der Waals surface area contributed by atoms with Gasteiger partial charge in [-0.2, -0.15) is 0 Å². The molecule has 0 heterocycles. The van der Waals surface area contributed by atoms with Crippen LogP contribution in [0, 0.1) is 11.8 Å². The Morgan fingerprint density at radius 2 is 1.88 bits per heavy atom. The summed E-state index contributed by atoms with van der Waals surface area (Å²) in [6.45, 7) is 0. The van der Waals surface area contributed by atoms with Gasteiger partial charge in [-0.1, -0.05) is 6.42 Å². The zero-order chi connectivity index (χ0) is 11.8. The highest BCUT2D eigenvalue weighted by Gasteiger charge is 2.39. The van der Waals surface area contributed by atoms with Crippen LogP contribution >= 0.6 is 0 Å². The van der Waals surface area contributed by atoms with E-state index in [2.05, 4.69) is 5.43 Å². The van der Waals surface area contributed by atoms with Gasteiger partial charge in [0.25, 0.3) is 0 Å². The monoisotopic (exact) mass is 246 g/mol. The highest BCUT2D eigenvalue weighted by Crippen LogP contribution is 2.40. The molecule has 0 aromatic carbocycles. The van der Waals surface area contributed by atoms with Crippen LogP contribution in [0.25, 0.3) is 0 Å². The van der Waals surface area contributed by atoms with Gasteiger partial charge >= 0.3 is 0 Å². The summed E-state index contributed by atoms with van der Waals surface area (Å²) >= 11 is 0. The van der Waals surface area contributed by atoms with Gasteiger partial charge in [0.05, 0.1) is 5.25 Å². The highest BCUT2D eigenvalue weighted by atomic mass is 32.2. The molecule has 5 heteroatoms. The van der Waals surface area contributed by atoms with Crippen LogP contribution in [0.4, 0.5) is 0 Å². The van der Waals surface area contributed by atoms with Crippen LogP contribution in [-0.2, 0) is 9.84 Å². The van der Waals surface area contributed by atoms with Gasteiger partial charge in [-0.3, -0.25) is 11.3 Å². The standard InChI is InChI=1S/C11H22N2O2S/c1-16(14,15)10-4-2-3-9(7-10)11(13-12)8-5-6-8/h8-11,13H,2-7,12H2,1H3. The van der Waals surface area contributed by atoms with E-state index < -0.39 is 9.84 Å². The lowest BCUT2D eigenvalue weighted by molar-refractivity contribution is 0.250. The first-order chi connectivity index (χ1) is 7.52. The molecule has 0 aromatic rings. The smallest absolute Gasteiger partial charge is 0.150 e. The first-order valence-electron chi connectivity index (χ1n) is 6.17. The van der Waals surface area contributed by atoms with Crippen molar-refractivity contribution in [2.45, 2.75) is 49.8 Å². The molecule has 0 saturated heterocycles. The number of hydrogen-bond donors (Lipinski definition) is 2. The second-order valence-electron chi connectivity index (χ2n) is 5.41. The number of rotatable bonds is 4. The van der Waals surface area contributed by atoms with Gasteiger partial charge < -0.3 is 0 Å². The first kappa shape index (κ1) is 12.3. The van der Waals surface area contributed by atoms with Crippen LogP contribution in [0.2, 0.25) is 0 Å². The van der Waals surface area contributed by atoms with Crippen molar-refractivity contribution in [2.24, 2.45) is 17.7 Å². The van der Waals surface area contributed by atoms with Crippen LogP contribution in [0.15, 0.2) is 0 Å². The Hall–Kier alpha value is -0.130. The third-order valence-corrected chi connectivity index (χ3v) is 5.74. The van der Waals surface area contributed by atoms with Gasteiger partial charge in [0, 0.05) is 12.3 Å². The Kier molecular flexibility index (Phi) is 3.56. The molecule has 0 bridgehead atoms. The summed E-state index contributed by atoms with van der Waals surface area (Å²) in [4.78, 5) is 0. The summed E-state index contributed by atoms with van der Waals surface area (Å²) in [5, 5.41) is -0.138. The average molecular weight is 246 g/mol. The number of hydrogen-bond acceptors (Lipinski definition) is 4. The molecule has 16 heavy (non-hydrogen) atoms. The Bertz CT molecular complexity index is 338. The normalized spacial score (nSPS) is 33.6. The van der Waals surface area contributed by atoms with Crippen molar-refractivity contribution in [2.75, 3.05) is 6.26 Å². The van der Waals surface area contributed by atoms with E-state index in [4.69, 9.17) is 5.84 Å². The Morgan fingerprint density at radius 3 is 2.38 bits per heavy atom. The molecule has 2 fully saturated rings. The molecule has 4 nitrogen and oxygen atoms in total. The Morgan fingerprint density at radius 1 is 1.19 bits per heavy atom. The molecule has 2 rings (SSSR count). The number of nitrogens with one attached hydrogen (secondary N) is 1. The first-order valence-corrected chi connectivity index (χ1v) is 8.13. The number of sulfone groups is 1. The molecular weight excluding hydrogens is 224 g/mol. The fourth-order valence-electron chi connectivity index (χ4n) is 3.01. The molecule has 0 aromatic heterocycles. The van der Waals surface area contributed by atoms with Gasteiger partial charge in [-0.05, 0) is 43.9 Å². The van der Waals surface area contributed by atoms with Crippen molar-refractivity contribution in [1.29, 1.82) is 0 Å². The van der Waals surface area contributed by atoms with Crippen molar-refractivity contribution < 1.29 is 8.42 Å². The van der Waals surface area contributed by atoms with E-state index in [0.29, 0.717) is 17.9 Å². The molecule has 0 amide bonds. The van der Waals surface area contributed by atoms with E-state index >= 15 is 0 Å². The maximum atomic E-state index is 11.6. The molecule has 3 N–H and O–H groups in total. The summed E-state index contributed by atoms with van der Waals surface area (Å²) in [6.07, 6.45) is 7.62. The summed E-state index contributed by atoms with van der Waals surface area (Å²) in [5.41, 5.74) is 2.91. The largest absolute Gasteiger partial charge is 0.271 e. The molecule has 0 radical (unpaired) electrons. The summed E-state index contributed by atoms with van der Waals surface area (Å²) in [6, 6.07) is 0.338. The van der Waals surface area contributed by atoms with E-state index in [1.807, 2.05) is 0 Å². The zero-order valence-corrected chi connectivity index (χ0v) is 10.7. The van der Waals surface area contributed by atoms with Crippen LogP contribution < -0.4 is 11.3 Å². The fourth-order valence-corrected chi connectivity index (χ4v) is 4.20. The Balaban J connectivity index is 2.00. The minimum absolute atomic E-state index is 0.138. The van der Waals surface area contributed by atoms with Gasteiger partial charge in [0.15, 0.2) is 0 Å². The van der Waals surface area contributed by atoms with Crippen LogP contribution in [0.3, 0.4) is 0 Å². The molecule has 0 spiro atoms. The maximum absolute atomic E-state index is 11.6. The van der Waals surface area contributed by atoms with E-state index in [9.17, 15) is 8.42 Å². The third kappa shape index (κ3) is 2.76. The minimum atomic E-state index is -2.87. The van der Waals surface area contributed by atoms with E-state index in [1.54, 1.807) is 0 Å². The van der Waals surface area contributed by atoms with Gasteiger partial charge in [-0.15, -0.1) is 0 Å². The predicted molar refractivity (Wildman–Crippen MR) is 64.4 cm³/mol. The maximum Gasteiger partial charge on any atom is 0.150 e. The zero-order valence-electron chi connectivity index (χ0n) is 9.85. The van der Waals surface area contributed by atoms with Crippen molar-refractivity contribution in [3.05, 3.63) is 0 Å². The molecular formula is C11H22N2O2S. The van der Waals surface area contributed by atoms with E-state index in [0.717, 1.165) is 25.7 Å². The lowest BCUT2D eigenvalue weighted by Crippen LogP contribution is -2.45. The van der Waals surface area contributed by atoms with E-state index in [-0.39, 0.29) is 5.25 Å². The highest BCUT2D eigenvalue weighted by molar-refractivity contribution is 7.91. The third-order valence-electron chi connectivity index (χ3n) is 4.10. The number of nitrogens with two attached hydrogens (primary N) is 1. The second-order valence-corrected chi connectivity index (χ2v) is 7.73. The molecule has 2 aliphatic rings. The van der Waals surface area contributed by atoms with Crippen molar-refractivity contribution >= 4 is 9.84 Å². The van der Waals surface area contributed by atoms with Crippen molar-refractivity contribution in [3.63, 3.8) is 0 Å². The van der Waals surface area contributed by atoms with Gasteiger partial charge in [0.2, 0.25) is 0 Å². The van der Waals surface area contributed by atoms with Crippen LogP contribution in [0.1, 0.15) is 38.5 Å². The minimum Gasteiger partial charge on any atom is -0.271 e. The topological polar surface area (TPSA) is 72.2 Å². The lowest BCUT2D eigenvalue weighted by Gasteiger charge is -2.33. The molecule has 2 aliphatic carbocycles. The molecule has 2 saturated carbocycles. The molecule has 3 unspecified atom stereocenters. The van der Waals surface area contributed by atoms with E-state index in [1.165, 1.54) is 19.1 Å². The average Bonchev–Trinajstić information content (AvgIpc) is 3.02.